The highest BCUT2D eigenvalue weighted by Gasteiger charge is 2.21. The van der Waals surface area contributed by atoms with Crippen LogP contribution in [-0.4, -0.2) is 22.2 Å². The Morgan fingerprint density at radius 3 is 2.83 bits per heavy atom. The molecule has 1 N–H and O–H groups in total. The van der Waals surface area contributed by atoms with Gasteiger partial charge in [0.25, 0.3) is 5.56 Å². The molecule has 1 aromatic carbocycles. The summed E-state index contributed by atoms with van der Waals surface area (Å²) in [6, 6.07) is 8.53. The number of carbonyl (C=O) groups is 1. The predicted molar refractivity (Wildman–Crippen MR) is 93.4 cm³/mol. The van der Waals surface area contributed by atoms with E-state index in [1.165, 1.54) is 4.68 Å². The van der Waals surface area contributed by atoms with Gasteiger partial charge in [-0.2, -0.15) is 5.10 Å². The molecule has 1 amide bonds. The van der Waals surface area contributed by atoms with Crippen LogP contribution in [0.15, 0.2) is 35.1 Å². The topological polar surface area (TPSA) is 64.0 Å². The highest BCUT2D eigenvalue weighted by Crippen LogP contribution is 2.18. The van der Waals surface area contributed by atoms with Gasteiger partial charge >= 0.3 is 0 Å². The Hall–Kier alpha value is -2.14. The fraction of sp³-hybridized carbons (Fsp3) is 0.389. The first-order valence-electron chi connectivity index (χ1n) is 8.18. The average Bonchev–Trinajstić information content (AvgIpc) is 3.02. The van der Waals surface area contributed by atoms with Crippen LogP contribution in [0.1, 0.15) is 36.2 Å². The number of benzene rings is 1. The molecule has 1 aromatic heterocycles. The summed E-state index contributed by atoms with van der Waals surface area (Å²) in [5.41, 5.74) is 2.85. The minimum absolute atomic E-state index is 0.198. The molecule has 0 saturated carbocycles. The molecule has 6 heteroatoms. The third-order valence-corrected chi connectivity index (χ3v) is 4.61. The second kappa shape index (κ2) is 7.18. The summed E-state index contributed by atoms with van der Waals surface area (Å²) >= 11 is 5.85. The maximum Gasteiger partial charge on any atom is 0.267 e. The maximum absolute atomic E-state index is 12.3. The summed E-state index contributed by atoms with van der Waals surface area (Å²) in [7, 11) is 0. The van der Waals surface area contributed by atoms with Crippen LogP contribution in [0, 0.1) is 0 Å². The number of carbonyl (C=O) groups excluding carboxylic acids is 1. The van der Waals surface area contributed by atoms with Gasteiger partial charge in [0.15, 0.2) is 0 Å². The minimum Gasteiger partial charge on any atom is -0.354 e. The smallest absolute Gasteiger partial charge is 0.267 e. The van der Waals surface area contributed by atoms with Crippen molar-refractivity contribution in [2.24, 2.45) is 0 Å². The zero-order chi connectivity index (χ0) is 17.1. The Bertz CT molecular complexity index is 799. The SMILES string of the molecule is CC(C(=O)NCCc1ccc(Cl)cc1)n1nc2c(cc1=O)CCC2. The van der Waals surface area contributed by atoms with Gasteiger partial charge in [0, 0.05) is 17.6 Å². The Kier molecular flexibility index (Phi) is 5.00. The summed E-state index contributed by atoms with van der Waals surface area (Å²) in [4.78, 5) is 24.5. The number of hydrogen-bond acceptors (Lipinski definition) is 3. The first kappa shape index (κ1) is 16.7. The molecule has 24 heavy (non-hydrogen) atoms. The van der Waals surface area contributed by atoms with Crippen LogP contribution < -0.4 is 10.9 Å². The first-order chi connectivity index (χ1) is 11.5. The predicted octanol–water partition coefficient (Wildman–Crippen LogP) is 2.31. The Morgan fingerprint density at radius 2 is 2.08 bits per heavy atom. The highest BCUT2D eigenvalue weighted by molar-refractivity contribution is 6.30. The van der Waals surface area contributed by atoms with E-state index < -0.39 is 6.04 Å². The van der Waals surface area contributed by atoms with Gasteiger partial charge < -0.3 is 5.32 Å². The van der Waals surface area contributed by atoms with E-state index in [9.17, 15) is 9.59 Å². The lowest BCUT2D eigenvalue weighted by atomic mass is 10.1. The number of amides is 1. The molecular formula is C18H20ClN3O2. The van der Waals surface area contributed by atoms with Crippen molar-refractivity contribution in [1.29, 1.82) is 0 Å². The quantitative estimate of drug-likeness (QED) is 0.904. The molecule has 0 bridgehead atoms. The molecule has 5 nitrogen and oxygen atoms in total. The van der Waals surface area contributed by atoms with Crippen LogP contribution in [-0.2, 0) is 24.1 Å². The monoisotopic (exact) mass is 345 g/mol. The van der Waals surface area contributed by atoms with Crippen molar-refractivity contribution >= 4 is 17.5 Å². The van der Waals surface area contributed by atoms with Crippen LogP contribution in [0.3, 0.4) is 0 Å². The van der Waals surface area contributed by atoms with Crippen molar-refractivity contribution in [2.75, 3.05) is 6.54 Å². The molecule has 1 aliphatic rings. The summed E-state index contributed by atoms with van der Waals surface area (Å²) in [5.74, 6) is -0.198. The van der Waals surface area contributed by atoms with E-state index >= 15 is 0 Å². The van der Waals surface area contributed by atoms with E-state index in [0.29, 0.717) is 18.0 Å². The number of fused-ring (bicyclic) bond motifs is 1. The summed E-state index contributed by atoms with van der Waals surface area (Å²) < 4.78 is 1.29. The lowest BCUT2D eigenvalue weighted by molar-refractivity contribution is -0.124. The molecule has 0 spiro atoms. The largest absolute Gasteiger partial charge is 0.354 e. The summed E-state index contributed by atoms with van der Waals surface area (Å²) in [5, 5.41) is 7.94. The molecule has 2 aromatic rings. The van der Waals surface area contributed by atoms with Crippen LogP contribution in [0.25, 0.3) is 0 Å². The van der Waals surface area contributed by atoms with Crippen molar-refractivity contribution in [2.45, 2.75) is 38.6 Å². The zero-order valence-electron chi connectivity index (χ0n) is 13.6. The number of aryl methyl sites for hydroxylation is 2. The lowest BCUT2D eigenvalue weighted by Gasteiger charge is -2.15. The average molecular weight is 346 g/mol. The Morgan fingerprint density at radius 1 is 1.33 bits per heavy atom. The molecule has 0 fully saturated rings. The van der Waals surface area contributed by atoms with Gasteiger partial charge in [-0.1, -0.05) is 23.7 Å². The molecule has 126 valence electrons. The second-order valence-corrected chi connectivity index (χ2v) is 6.53. The van der Waals surface area contributed by atoms with Crippen LogP contribution in [0.5, 0.6) is 0 Å². The normalized spacial score (nSPS) is 14.2. The fourth-order valence-corrected chi connectivity index (χ4v) is 3.06. The lowest BCUT2D eigenvalue weighted by Crippen LogP contribution is -2.38. The maximum atomic E-state index is 12.3. The van der Waals surface area contributed by atoms with Gasteiger partial charge in [0.1, 0.15) is 6.04 Å². The van der Waals surface area contributed by atoms with E-state index in [2.05, 4.69) is 10.4 Å². The van der Waals surface area contributed by atoms with Crippen molar-refractivity contribution in [3.05, 3.63) is 62.5 Å². The molecule has 3 rings (SSSR count). The number of rotatable bonds is 5. The van der Waals surface area contributed by atoms with Gasteiger partial charge in [-0.3, -0.25) is 9.59 Å². The standard InChI is InChI=1S/C18H20ClN3O2/c1-12(22-17(23)11-14-3-2-4-16(14)21-22)18(24)20-10-9-13-5-7-15(19)8-6-13/h5-8,11-12H,2-4,9-10H2,1H3,(H,20,24). The number of nitrogens with one attached hydrogen (secondary N) is 1. The molecular weight excluding hydrogens is 326 g/mol. The molecule has 0 saturated heterocycles. The number of hydrogen-bond donors (Lipinski definition) is 1. The third-order valence-electron chi connectivity index (χ3n) is 4.35. The van der Waals surface area contributed by atoms with Crippen LogP contribution >= 0.6 is 11.6 Å². The summed E-state index contributed by atoms with van der Waals surface area (Å²) in [6.45, 7) is 2.21. The van der Waals surface area contributed by atoms with Gasteiger partial charge in [0.2, 0.25) is 5.91 Å². The van der Waals surface area contributed by atoms with Gasteiger partial charge in [0.05, 0.1) is 5.69 Å². The number of nitrogens with zero attached hydrogens (tertiary/aromatic N) is 2. The van der Waals surface area contributed by atoms with Crippen molar-refractivity contribution < 1.29 is 4.79 Å². The second-order valence-electron chi connectivity index (χ2n) is 6.10. The van der Waals surface area contributed by atoms with Crippen molar-refractivity contribution in [3.63, 3.8) is 0 Å². The van der Waals surface area contributed by atoms with Crippen LogP contribution in [0.4, 0.5) is 0 Å². The van der Waals surface area contributed by atoms with E-state index in [1.807, 2.05) is 24.3 Å². The van der Waals surface area contributed by atoms with Crippen molar-refractivity contribution in [1.82, 2.24) is 15.1 Å². The van der Waals surface area contributed by atoms with E-state index in [4.69, 9.17) is 11.6 Å². The third kappa shape index (κ3) is 3.67. The highest BCUT2D eigenvalue weighted by atomic mass is 35.5. The summed E-state index contributed by atoms with van der Waals surface area (Å²) in [6.07, 6.45) is 3.51. The first-order valence-corrected chi connectivity index (χ1v) is 8.56. The van der Waals surface area contributed by atoms with Gasteiger partial charge in [-0.15, -0.1) is 0 Å². The molecule has 1 heterocycles. The van der Waals surface area contributed by atoms with Crippen molar-refractivity contribution in [3.8, 4) is 0 Å². The Balaban J connectivity index is 1.61. The van der Waals surface area contributed by atoms with Crippen LogP contribution in [0.2, 0.25) is 5.02 Å². The van der Waals surface area contributed by atoms with Gasteiger partial charge in [-0.25, -0.2) is 4.68 Å². The van der Waals surface area contributed by atoms with Gasteiger partial charge in [-0.05, 0) is 55.9 Å². The Labute approximate surface area is 145 Å². The molecule has 0 radical (unpaired) electrons. The van der Waals surface area contributed by atoms with E-state index in [-0.39, 0.29) is 11.5 Å². The minimum atomic E-state index is -0.617. The molecule has 0 aliphatic heterocycles. The molecule has 1 aliphatic carbocycles. The van der Waals surface area contributed by atoms with E-state index in [0.717, 1.165) is 36.1 Å². The fourth-order valence-electron chi connectivity index (χ4n) is 2.93. The number of aromatic nitrogens is 2. The molecule has 1 unspecified atom stereocenters. The zero-order valence-corrected chi connectivity index (χ0v) is 14.3. The van der Waals surface area contributed by atoms with E-state index in [1.54, 1.807) is 13.0 Å². The molecule has 1 atom stereocenters. The number of halogens is 1.